The molecule has 19 heavy (non-hydrogen) atoms. The predicted octanol–water partition coefficient (Wildman–Crippen LogP) is 2.14. The molecule has 2 rings (SSSR count). The first-order valence-electron chi connectivity index (χ1n) is 6.00. The van der Waals surface area contributed by atoms with Crippen molar-refractivity contribution in [2.45, 2.75) is 19.0 Å². The van der Waals surface area contributed by atoms with Crippen molar-refractivity contribution in [1.82, 2.24) is 4.98 Å². The second kappa shape index (κ2) is 5.07. The molecular weight excluding hydrogens is 257 g/mol. The topological polar surface area (TPSA) is 66.0 Å². The molecule has 104 valence electrons. The zero-order valence-corrected chi connectivity index (χ0v) is 10.2. The van der Waals surface area contributed by atoms with Gasteiger partial charge in [0.2, 0.25) is 0 Å². The summed E-state index contributed by atoms with van der Waals surface area (Å²) in [7, 11) is 0. The van der Waals surface area contributed by atoms with Gasteiger partial charge in [-0.05, 0) is 25.0 Å². The van der Waals surface area contributed by atoms with Gasteiger partial charge in [0.25, 0.3) is 0 Å². The van der Waals surface area contributed by atoms with E-state index in [0.29, 0.717) is 24.3 Å². The second-order valence-electron chi connectivity index (χ2n) is 4.65. The van der Waals surface area contributed by atoms with Crippen LogP contribution in [0, 0.1) is 11.3 Å². The molecule has 1 atom stereocenters. The van der Waals surface area contributed by atoms with Crippen LogP contribution in [0.4, 0.5) is 19.0 Å². The smallest absolute Gasteiger partial charge is 0.384 e. The van der Waals surface area contributed by atoms with Crippen molar-refractivity contribution >= 4 is 11.7 Å². The summed E-state index contributed by atoms with van der Waals surface area (Å²) in [6.45, 7) is 0.509. The van der Waals surface area contributed by atoms with Gasteiger partial charge < -0.3 is 10.6 Å². The van der Waals surface area contributed by atoms with Crippen molar-refractivity contribution in [2.24, 2.45) is 11.7 Å². The summed E-state index contributed by atoms with van der Waals surface area (Å²) in [5.74, 6) is -0.902. The van der Waals surface area contributed by atoms with Crippen molar-refractivity contribution in [3.63, 3.8) is 0 Å². The Morgan fingerprint density at radius 1 is 1.42 bits per heavy atom. The van der Waals surface area contributed by atoms with Gasteiger partial charge in [-0.3, -0.25) is 5.41 Å². The number of nitrogens with one attached hydrogen (secondary N) is 1. The molecule has 0 amide bonds. The minimum atomic E-state index is -4.15. The van der Waals surface area contributed by atoms with Gasteiger partial charge in [-0.2, -0.15) is 13.2 Å². The van der Waals surface area contributed by atoms with Crippen LogP contribution in [0.1, 0.15) is 18.4 Å². The molecule has 1 aliphatic heterocycles. The monoisotopic (exact) mass is 272 g/mol. The first-order chi connectivity index (χ1) is 8.88. The van der Waals surface area contributed by atoms with E-state index in [-0.39, 0.29) is 18.8 Å². The van der Waals surface area contributed by atoms with Gasteiger partial charge in [0.15, 0.2) is 0 Å². The summed E-state index contributed by atoms with van der Waals surface area (Å²) in [4.78, 5) is 5.71. The number of alkyl halides is 3. The fourth-order valence-electron chi connectivity index (χ4n) is 2.18. The van der Waals surface area contributed by atoms with Gasteiger partial charge in [0.05, 0.1) is 5.92 Å². The van der Waals surface area contributed by atoms with E-state index in [9.17, 15) is 13.2 Å². The Bertz CT molecular complexity index is 455. The molecule has 0 aliphatic carbocycles. The average Bonchev–Trinajstić information content (AvgIpc) is 2.38. The summed E-state index contributed by atoms with van der Waals surface area (Å²) in [6, 6.07) is 3.21. The lowest BCUT2D eigenvalue weighted by atomic mass is 9.97. The Kier molecular flexibility index (Phi) is 3.64. The van der Waals surface area contributed by atoms with E-state index in [0.717, 1.165) is 0 Å². The van der Waals surface area contributed by atoms with Crippen LogP contribution in [0.2, 0.25) is 0 Å². The summed E-state index contributed by atoms with van der Waals surface area (Å²) in [6.07, 6.45) is -2.07. The lowest BCUT2D eigenvalue weighted by Gasteiger charge is -2.34. The van der Waals surface area contributed by atoms with Crippen molar-refractivity contribution in [3.8, 4) is 0 Å². The largest absolute Gasteiger partial charge is 0.393 e. The minimum absolute atomic E-state index is 0.0596. The molecule has 2 heterocycles. The van der Waals surface area contributed by atoms with Gasteiger partial charge in [-0.15, -0.1) is 0 Å². The zero-order chi connectivity index (χ0) is 14.0. The number of anilines is 1. The van der Waals surface area contributed by atoms with Gasteiger partial charge in [0.1, 0.15) is 11.7 Å². The fraction of sp³-hybridized carbons (Fsp3) is 0.500. The van der Waals surface area contributed by atoms with Crippen molar-refractivity contribution in [1.29, 1.82) is 5.41 Å². The number of halogens is 3. The summed E-state index contributed by atoms with van der Waals surface area (Å²) in [5.41, 5.74) is 5.77. The van der Waals surface area contributed by atoms with Gasteiger partial charge in [0, 0.05) is 24.8 Å². The summed E-state index contributed by atoms with van der Waals surface area (Å²) in [5, 5.41) is 7.24. The number of nitrogens with two attached hydrogens (primary N) is 1. The molecule has 3 N–H and O–H groups in total. The molecule has 4 nitrogen and oxygen atoms in total. The molecule has 1 aliphatic rings. The highest BCUT2D eigenvalue weighted by Crippen LogP contribution is 2.34. The summed E-state index contributed by atoms with van der Waals surface area (Å²) < 4.78 is 38.1. The van der Waals surface area contributed by atoms with Crippen molar-refractivity contribution in [2.75, 3.05) is 18.0 Å². The van der Waals surface area contributed by atoms with E-state index < -0.39 is 12.1 Å². The molecular formula is C12H15F3N4. The maximum Gasteiger partial charge on any atom is 0.393 e. The van der Waals surface area contributed by atoms with E-state index in [1.165, 1.54) is 6.20 Å². The third-order valence-electron chi connectivity index (χ3n) is 3.27. The number of aromatic nitrogens is 1. The maximum absolute atomic E-state index is 12.7. The molecule has 0 spiro atoms. The Morgan fingerprint density at radius 2 is 2.16 bits per heavy atom. The first kappa shape index (κ1) is 13.6. The standard InChI is InChI=1S/C12H15F3N4/c13-12(14,15)9-2-1-5-19(7-9)10-4-3-8(6-18-10)11(16)17/h3-4,6,9H,1-2,5,7H2,(H3,16,17). The third-order valence-corrected chi connectivity index (χ3v) is 3.27. The van der Waals surface area contributed by atoms with Crippen LogP contribution in [0.3, 0.4) is 0 Å². The van der Waals surface area contributed by atoms with Gasteiger partial charge in [-0.1, -0.05) is 0 Å². The highest BCUT2D eigenvalue weighted by atomic mass is 19.4. The minimum Gasteiger partial charge on any atom is -0.384 e. The van der Waals surface area contributed by atoms with Crippen molar-refractivity contribution in [3.05, 3.63) is 23.9 Å². The van der Waals surface area contributed by atoms with E-state index in [2.05, 4.69) is 4.98 Å². The molecule has 1 aromatic heterocycles. The molecule has 1 aromatic rings. The quantitative estimate of drug-likeness (QED) is 0.640. The Hall–Kier alpha value is -1.79. The highest BCUT2D eigenvalue weighted by Gasteiger charge is 2.41. The Balaban J connectivity index is 2.11. The molecule has 0 aromatic carbocycles. The predicted molar refractivity (Wildman–Crippen MR) is 66.2 cm³/mol. The molecule has 0 radical (unpaired) electrons. The Morgan fingerprint density at radius 3 is 2.68 bits per heavy atom. The first-order valence-corrected chi connectivity index (χ1v) is 6.00. The second-order valence-corrected chi connectivity index (χ2v) is 4.65. The highest BCUT2D eigenvalue weighted by molar-refractivity contribution is 5.94. The molecule has 1 saturated heterocycles. The average molecular weight is 272 g/mol. The molecule has 1 unspecified atom stereocenters. The maximum atomic E-state index is 12.7. The lowest BCUT2D eigenvalue weighted by molar-refractivity contribution is -0.176. The summed E-state index contributed by atoms with van der Waals surface area (Å²) >= 11 is 0. The van der Waals surface area contributed by atoms with Crippen LogP contribution in [0.15, 0.2) is 18.3 Å². The van der Waals surface area contributed by atoms with Crippen LogP contribution < -0.4 is 10.6 Å². The van der Waals surface area contributed by atoms with Crippen LogP contribution in [-0.4, -0.2) is 30.1 Å². The lowest BCUT2D eigenvalue weighted by Crippen LogP contribution is -2.42. The SMILES string of the molecule is N=C(N)c1ccc(N2CCCC(C(F)(F)F)C2)nc1. The van der Waals surface area contributed by atoms with Crippen LogP contribution >= 0.6 is 0 Å². The number of hydrogen-bond donors (Lipinski definition) is 2. The van der Waals surface area contributed by atoms with E-state index in [4.69, 9.17) is 11.1 Å². The number of rotatable bonds is 2. The zero-order valence-electron chi connectivity index (χ0n) is 10.2. The number of nitrogens with zero attached hydrogens (tertiary/aromatic N) is 2. The third kappa shape index (κ3) is 3.15. The van der Waals surface area contributed by atoms with Crippen LogP contribution in [-0.2, 0) is 0 Å². The van der Waals surface area contributed by atoms with Gasteiger partial charge >= 0.3 is 6.18 Å². The number of hydrogen-bond acceptors (Lipinski definition) is 3. The van der Waals surface area contributed by atoms with Crippen LogP contribution in [0.5, 0.6) is 0 Å². The van der Waals surface area contributed by atoms with Crippen LogP contribution in [0.25, 0.3) is 0 Å². The molecule has 0 bridgehead atoms. The number of amidine groups is 1. The molecule has 0 saturated carbocycles. The van der Waals surface area contributed by atoms with Gasteiger partial charge in [-0.25, -0.2) is 4.98 Å². The molecule has 7 heteroatoms. The Labute approximate surface area is 108 Å². The number of pyridine rings is 1. The van der Waals surface area contributed by atoms with Crippen molar-refractivity contribution < 1.29 is 13.2 Å². The fourth-order valence-corrected chi connectivity index (χ4v) is 2.18. The molecule has 1 fully saturated rings. The van der Waals surface area contributed by atoms with E-state index in [1.54, 1.807) is 17.0 Å². The normalized spacial score (nSPS) is 20.4. The number of nitrogen functional groups attached to an aromatic ring is 1. The number of piperidine rings is 1. The van der Waals surface area contributed by atoms with E-state index in [1.807, 2.05) is 0 Å². The van der Waals surface area contributed by atoms with E-state index >= 15 is 0 Å².